The summed E-state index contributed by atoms with van der Waals surface area (Å²) in [5.74, 6) is 0.176. The molecule has 0 fully saturated rings. The lowest BCUT2D eigenvalue weighted by molar-refractivity contribution is 0.211. The van der Waals surface area contributed by atoms with E-state index in [-0.39, 0.29) is 5.88 Å². The quantitative estimate of drug-likeness (QED) is 0.822. The van der Waals surface area contributed by atoms with Crippen LogP contribution in [-0.2, 0) is 0 Å². The van der Waals surface area contributed by atoms with Crippen LogP contribution in [0, 0.1) is 0 Å². The minimum atomic E-state index is -0.606. The number of aliphatic hydroxyl groups excluding tert-OH is 1. The Morgan fingerprint density at radius 3 is 2.60 bits per heavy atom. The molecule has 6 heteroatoms. The van der Waals surface area contributed by atoms with Gasteiger partial charge in [-0.25, -0.2) is 0 Å². The molecule has 0 bridgehead atoms. The highest BCUT2D eigenvalue weighted by Gasteiger charge is 2.08. The molecular formula is C9H9BrCl3NO. The molecule has 0 amide bonds. The fourth-order valence-corrected chi connectivity index (χ4v) is 2.50. The van der Waals surface area contributed by atoms with Gasteiger partial charge >= 0.3 is 0 Å². The van der Waals surface area contributed by atoms with E-state index in [1.807, 2.05) is 0 Å². The molecule has 0 saturated carbocycles. The summed E-state index contributed by atoms with van der Waals surface area (Å²) in [6.45, 7) is 0.337. The SMILES string of the molecule is OC(CCl)CNc1c(Cl)cc(Cl)cc1Br. The van der Waals surface area contributed by atoms with Gasteiger partial charge in [-0.2, -0.15) is 0 Å². The third kappa shape index (κ3) is 4.00. The minimum Gasteiger partial charge on any atom is -0.390 e. The summed E-state index contributed by atoms with van der Waals surface area (Å²) in [4.78, 5) is 0. The number of alkyl halides is 1. The first-order valence-corrected chi connectivity index (χ1v) is 6.25. The van der Waals surface area contributed by atoms with E-state index in [4.69, 9.17) is 34.8 Å². The standard InChI is InChI=1S/C9H9BrCl3NO/c10-7-1-5(12)2-8(13)9(7)14-4-6(15)3-11/h1-2,6,14-15H,3-4H2. The third-order valence-electron chi connectivity index (χ3n) is 1.70. The summed E-state index contributed by atoms with van der Waals surface area (Å²) in [6.07, 6.45) is -0.606. The van der Waals surface area contributed by atoms with Gasteiger partial charge in [0.15, 0.2) is 0 Å². The predicted molar refractivity (Wildman–Crippen MR) is 69.4 cm³/mol. The van der Waals surface area contributed by atoms with E-state index in [1.54, 1.807) is 12.1 Å². The Balaban J connectivity index is 2.77. The molecule has 1 aromatic carbocycles. The van der Waals surface area contributed by atoms with E-state index >= 15 is 0 Å². The molecule has 2 N–H and O–H groups in total. The minimum absolute atomic E-state index is 0.176. The molecule has 1 aromatic rings. The van der Waals surface area contributed by atoms with Crippen LogP contribution in [0.15, 0.2) is 16.6 Å². The van der Waals surface area contributed by atoms with E-state index in [0.717, 1.165) is 4.47 Å². The first-order chi connectivity index (χ1) is 7.04. The van der Waals surface area contributed by atoms with Crippen molar-refractivity contribution in [2.24, 2.45) is 0 Å². The second-order valence-electron chi connectivity index (χ2n) is 2.93. The maximum absolute atomic E-state index is 9.28. The van der Waals surface area contributed by atoms with Crippen molar-refractivity contribution in [2.45, 2.75) is 6.10 Å². The van der Waals surface area contributed by atoms with Crippen molar-refractivity contribution < 1.29 is 5.11 Å². The van der Waals surface area contributed by atoms with Gasteiger partial charge in [0.1, 0.15) is 0 Å². The van der Waals surface area contributed by atoms with Crippen LogP contribution >= 0.6 is 50.7 Å². The van der Waals surface area contributed by atoms with Crippen LogP contribution in [0.25, 0.3) is 0 Å². The molecular weight excluding hydrogens is 324 g/mol. The van der Waals surface area contributed by atoms with Crippen LogP contribution in [0.5, 0.6) is 0 Å². The van der Waals surface area contributed by atoms with Gasteiger partial charge < -0.3 is 10.4 Å². The number of hydrogen-bond acceptors (Lipinski definition) is 2. The van der Waals surface area contributed by atoms with Crippen LogP contribution in [0.4, 0.5) is 5.69 Å². The van der Waals surface area contributed by atoms with Crippen molar-refractivity contribution in [1.82, 2.24) is 0 Å². The Bertz CT molecular complexity index is 325. The van der Waals surface area contributed by atoms with Crippen LogP contribution in [-0.4, -0.2) is 23.6 Å². The number of anilines is 1. The smallest absolute Gasteiger partial charge is 0.0847 e. The normalized spacial score (nSPS) is 12.6. The molecule has 0 saturated heterocycles. The van der Waals surface area contributed by atoms with Crippen LogP contribution in [0.3, 0.4) is 0 Å². The van der Waals surface area contributed by atoms with Gasteiger partial charge in [-0.1, -0.05) is 23.2 Å². The van der Waals surface area contributed by atoms with Crippen LogP contribution in [0.1, 0.15) is 0 Å². The highest BCUT2D eigenvalue weighted by molar-refractivity contribution is 9.10. The number of aliphatic hydroxyl groups is 1. The monoisotopic (exact) mass is 331 g/mol. The molecule has 1 unspecified atom stereocenters. The fourth-order valence-electron chi connectivity index (χ4n) is 0.986. The first kappa shape index (κ1) is 13.4. The van der Waals surface area contributed by atoms with Crippen molar-refractivity contribution in [3.8, 4) is 0 Å². The average Bonchev–Trinajstić information content (AvgIpc) is 2.15. The second-order valence-corrected chi connectivity index (χ2v) is 4.94. The summed E-state index contributed by atoms with van der Waals surface area (Å²) in [6, 6.07) is 3.35. The summed E-state index contributed by atoms with van der Waals surface area (Å²) in [5.41, 5.74) is 0.699. The van der Waals surface area contributed by atoms with E-state index in [9.17, 15) is 5.11 Å². The largest absolute Gasteiger partial charge is 0.390 e. The molecule has 0 aliphatic rings. The molecule has 0 heterocycles. The van der Waals surface area contributed by atoms with Gasteiger partial charge in [0.2, 0.25) is 0 Å². The lowest BCUT2D eigenvalue weighted by Gasteiger charge is -2.13. The van der Waals surface area contributed by atoms with Crippen molar-refractivity contribution in [3.63, 3.8) is 0 Å². The van der Waals surface area contributed by atoms with Gasteiger partial charge in [0.25, 0.3) is 0 Å². The van der Waals surface area contributed by atoms with Crippen molar-refractivity contribution in [1.29, 1.82) is 0 Å². The number of nitrogens with one attached hydrogen (secondary N) is 1. The number of halogens is 4. The summed E-state index contributed by atoms with van der Waals surface area (Å²) in [5, 5.41) is 13.3. The lowest BCUT2D eigenvalue weighted by atomic mass is 10.3. The molecule has 0 aliphatic heterocycles. The maximum atomic E-state index is 9.28. The molecule has 1 atom stereocenters. The first-order valence-electron chi connectivity index (χ1n) is 4.17. The number of rotatable bonds is 4. The molecule has 0 spiro atoms. The summed E-state index contributed by atoms with van der Waals surface area (Å²) < 4.78 is 0.752. The molecule has 15 heavy (non-hydrogen) atoms. The highest BCUT2D eigenvalue weighted by atomic mass is 79.9. The van der Waals surface area contributed by atoms with Gasteiger partial charge in [-0.3, -0.25) is 0 Å². The van der Waals surface area contributed by atoms with E-state index < -0.39 is 6.10 Å². The molecule has 1 rings (SSSR count). The molecule has 2 nitrogen and oxygen atoms in total. The number of benzene rings is 1. The molecule has 0 aliphatic carbocycles. The van der Waals surface area contributed by atoms with Gasteiger partial charge in [-0.05, 0) is 28.1 Å². The zero-order valence-electron chi connectivity index (χ0n) is 7.61. The Labute approximate surface area is 112 Å². The van der Waals surface area contributed by atoms with Gasteiger partial charge in [0.05, 0.1) is 22.7 Å². The molecule has 0 radical (unpaired) electrons. The summed E-state index contributed by atoms with van der Waals surface area (Å²) >= 11 is 20.6. The molecule has 0 aromatic heterocycles. The van der Waals surface area contributed by atoms with Gasteiger partial charge in [0, 0.05) is 16.0 Å². The van der Waals surface area contributed by atoms with Crippen molar-refractivity contribution in [3.05, 3.63) is 26.7 Å². The van der Waals surface area contributed by atoms with E-state index in [0.29, 0.717) is 22.3 Å². The maximum Gasteiger partial charge on any atom is 0.0847 e. The zero-order valence-corrected chi connectivity index (χ0v) is 11.5. The Morgan fingerprint density at radius 1 is 1.40 bits per heavy atom. The average molecular weight is 333 g/mol. The second kappa shape index (κ2) is 6.16. The fraction of sp³-hybridized carbons (Fsp3) is 0.333. The summed E-state index contributed by atoms with van der Waals surface area (Å²) in [7, 11) is 0. The molecule has 84 valence electrons. The van der Waals surface area contributed by atoms with Crippen molar-refractivity contribution >= 4 is 56.4 Å². The van der Waals surface area contributed by atoms with Crippen molar-refractivity contribution in [2.75, 3.05) is 17.7 Å². The Hall–Kier alpha value is 0.330. The highest BCUT2D eigenvalue weighted by Crippen LogP contribution is 2.33. The topological polar surface area (TPSA) is 32.3 Å². The predicted octanol–water partition coefficient (Wildman–Crippen LogP) is 3.77. The Kier molecular flexibility index (Phi) is 5.50. The Morgan fingerprint density at radius 2 is 2.07 bits per heavy atom. The zero-order chi connectivity index (χ0) is 11.4. The lowest BCUT2D eigenvalue weighted by Crippen LogP contribution is -2.21. The number of hydrogen-bond donors (Lipinski definition) is 2. The van der Waals surface area contributed by atoms with Crippen LogP contribution in [0.2, 0.25) is 10.0 Å². The van der Waals surface area contributed by atoms with Gasteiger partial charge in [-0.15, -0.1) is 11.6 Å². The van der Waals surface area contributed by atoms with E-state index in [1.165, 1.54) is 0 Å². The van der Waals surface area contributed by atoms with Crippen LogP contribution < -0.4 is 5.32 Å². The van der Waals surface area contributed by atoms with E-state index in [2.05, 4.69) is 21.2 Å². The third-order valence-corrected chi connectivity index (χ3v) is 3.20.